The first-order chi connectivity index (χ1) is 7.85. The molecule has 1 heterocycles. The Kier molecular flexibility index (Phi) is 2.54. The minimum absolute atomic E-state index is 0.0596. The Bertz CT molecular complexity index is 631. The molecule has 1 N–H and O–H groups in total. The van der Waals surface area contributed by atoms with E-state index in [1.807, 2.05) is 0 Å². The summed E-state index contributed by atoms with van der Waals surface area (Å²) < 4.78 is 37.4. The van der Waals surface area contributed by atoms with Crippen molar-refractivity contribution >= 4 is 21.9 Å². The van der Waals surface area contributed by atoms with Gasteiger partial charge in [0.25, 0.3) is 0 Å². The van der Waals surface area contributed by atoms with Crippen molar-refractivity contribution in [3.8, 4) is 0 Å². The maximum atomic E-state index is 13.4. The molecule has 1 aromatic rings. The van der Waals surface area contributed by atoms with Gasteiger partial charge in [-0.05, 0) is 25.1 Å². The fourth-order valence-electron chi connectivity index (χ4n) is 1.72. The molecule has 0 aliphatic carbocycles. The van der Waals surface area contributed by atoms with Gasteiger partial charge in [0, 0.05) is 5.56 Å². The average molecular weight is 256 g/mol. The summed E-state index contributed by atoms with van der Waals surface area (Å²) in [6, 6.07) is 3.69. The fraction of sp³-hybridized carbons (Fsp3) is 0.182. The van der Waals surface area contributed by atoms with E-state index in [1.54, 1.807) is 0 Å². The van der Waals surface area contributed by atoms with Crippen LogP contribution in [-0.4, -0.2) is 19.5 Å². The molecule has 1 unspecified atom stereocenters. The maximum absolute atomic E-state index is 13.4. The number of hydrogen-bond acceptors (Lipinski definition) is 3. The molecule has 1 aliphatic heterocycles. The number of benzene rings is 1. The highest BCUT2D eigenvalue weighted by molar-refractivity contribution is 7.95. The molecule has 1 aliphatic rings. The molecule has 0 bridgehead atoms. The van der Waals surface area contributed by atoms with E-state index in [2.05, 4.69) is 0 Å². The minimum atomic E-state index is -3.87. The van der Waals surface area contributed by atoms with E-state index in [4.69, 9.17) is 5.11 Å². The summed E-state index contributed by atoms with van der Waals surface area (Å²) >= 11 is 0. The fourth-order valence-corrected chi connectivity index (χ4v) is 3.51. The number of hydrogen-bond donors (Lipinski definition) is 1. The highest BCUT2D eigenvalue weighted by atomic mass is 32.2. The van der Waals surface area contributed by atoms with Crippen molar-refractivity contribution < 1.29 is 22.7 Å². The van der Waals surface area contributed by atoms with Crippen LogP contribution >= 0.6 is 0 Å². The van der Waals surface area contributed by atoms with Crippen LogP contribution in [0.25, 0.3) is 6.08 Å². The Morgan fingerprint density at radius 1 is 1.41 bits per heavy atom. The quantitative estimate of drug-likeness (QED) is 0.873. The molecule has 0 saturated heterocycles. The van der Waals surface area contributed by atoms with E-state index < -0.39 is 27.5 Å². The summed E-state index contributed by atoms with van der Waals surface area (Å²) in [5.41, 5.74) is -0.0596. The normalized spacial score (nSPS) is 18.4. The Balaban J connectivity index is 2.67. The molecule has 1 atom stereocenters. The smallest absolute Gasteiger partial charge is 0.311 e. The third-order valence-electron chi connectivity index (χ3n) is 2.70. The van der Waals surface area contributed by atoms with E-state index >= 15 is 0 Å². The maximum Gasteiger partial charge on any atom is 0.311 e. The van der Waals surface area contributed by atoms with Crippen molar-refractivity contribution in [3.63, 3.8) is 0 Å². The SMILES string of the molecule is CC(C(=O)O)C1=Cc2c(F)cccc2S1(=O)=O. The second-order valence-corrected chi connectivity index (χ2v) is 5.68. The number of sulfone groups is 1. The molecule has 2 rings (SSSR count). The number of carboxylic acids is 1. The van der Waals surface area contributed by atoms with Gasteiger partial charge in [-0.1, -0.05) is 6.07 Å². The number of aliphatic carboxylic acids is 1. The topological polar surface area (TPSA) is 71.4 Å². The van der Waals surface area contributed by atoms with E-state index in [1.165, 1.54) is 19.1 Å². The van der Waals surface area contributed by atoms with Crippen molar-refractivity contribution in [3.05, 3.63) is 34.5 Å². The molecule has 6 heteroatoms. The van der Waals surface area contributed by atoms with Gasteiger partial charge in [0.2, 0.25) is 9.84 Å². The number of halogens is 1. The molecular formula is C11H9FO4S. The minimum Gasteiger partial charge on any atom is -0.481 e. The highest BCUT2D eigenvalue weighted by Gasteiger charge is 2.36. The van der Waals surface area contributed by atoms with Gasteiger partial charge in [-0.2, -0.15) is 0 Å². The van der Waals surface area contributed by atoms with Crippen LogP contribution in [0.1, 0.15) is 12.5 Å². The number of rotatable bonds is 2. The first kappa shape index (κ1) is 11.8. The van der Waals surface area contributed by atoms with Crippen LogP contribution in [0, 0.1) is 11.7 Å². The average Bonchev–Trinajstić information content (AvgIpc) is 2.51. The van der Waals surface area contributed by atoms with Crippen LogP contribution in [0.3, 0.4) is 0 Å². The summed E-state index contributed by atoms with van der Waals surface area (Å²) in [6.45, 7) is 1.26. The zero-order valence-corrected chi connectivity index (χ0v) is 9.66. The molecule has 0 amide bonds. The van der Waals surface area contributed by atoms with Gasteiger partial charge in [-0.15, -0.1) is 0 Å². The first-order valence-corrected chi connectivity index (χ1v) is 6.32. The second-order valence-electron chi connectivity index (χ2n) is 3.76. The highest BCUT2D eigenvalue weighted by Crippen LogP contribution is 2.37. The van der Waals surface area contributed by atoms with Gasteiger partial charge in [-0.3, -0.25) is 4.79 Å². The number of fused-ring (bicyclic) bond motifs is 1. The molecule has 0 fully saturated rings. The van der Waals surface area contributed by atoms with Crippen LogP contribution in [0.5, 0.6) is 0 Å². The summed E-state index contributed by atoms with van der Waals surface area (Å²) in [4.78, 5) is 10.4. The van der Waals surface area contributed by atoms with Crippen LogP contribution in [0.2, 0.25) is 0 Å². The monoisotopic (exact) mass is 256 g/mol. The van der Waals surface area contributed by atoms with Crippen molar-refractivity contribution in [2.45, 2.75) is 11.8 Å². The van der Waals surface area contributed by atoms with Gasteiger partial charge >= 0.3 is 5.97 Å². The molecule has 4 nitrogen and oxygen atoms in total. The Hall–Kier alpha value is -1.69. The summed E-state index contributed by atoms with van der Waals surface area (Å²) in [7, 11) is -3.87. The largest absolute Gasteiger partial charge is 0.481 e. The van der Waals surface area contributed by atoms with E-state index in [0.29, 0.717) is 0 Å². The molecule has 17 heavy (non-hydrogen) atoms. The molecule has 1 aromatic carbocycles. The molecular weight excluding hydrogens is 247 g/mol. The first-order valence-electron chi connectivity index (χ1n) is 4.83. The predicted molar refractivity (Wildman–Crippen MR) is 58.4 cm³/mol. The predicted octanol–water partition coefficient (Wildman–Crippen LogP) is 1.67. The molecule has 0 spiro atoms. The van der Waals surface area contributed by atoms with Crippen LogP contribution in [-0.2, 0) is 14.6 Å². The zero-order valence-electron chi connectivity index (χ0n) is 8.84. The Morgan fingerprint density at radius 3 is 2.59 bits per heavy atom. The van der Waals surface area contributed by atoms with Gasteiger partial charge in [0.05, 0.1) is 15.7 Å². The van der Waals surface area contributed by atoms with Gasteiger partial charge in [-0.25, -0.2) is 12.8 Å². The standard InChI is InChI=1S/C11H9FO4S/c1-6(11(13)14)10-5-7-8(12)3-2-4-9(7)17(10,15)16/h2-6H,1H3,(H,13,14). The van der Waals surface area contributed by atoms with Gasteiger partial charge in [0.1, 0.15) is 5.82 Å². The lowest BCUT2D eigenvalue weighted by atomic mass is 10.1. The lowest BCUT2D eigenvalue weighted by Crippen LogP contribution is -2.16. The third kappa shape index (κ3) is 1.64. The Morgan fingerprint density at radius 2 is 2.06 bits per heavy atom. The molecule has 0 radical (unpaired) electrons. The number of carbonyl (C=O) groups is 1. The van der Waals surface area contributed by atoms with Gasteiger partial charge < -0.3 is 5.11 Å². The van der Waals surface area contributed by atoms with Crippen molar-refractivity contribution in [1.29, 1.82) is 0 Å². The van der Waals surface area contributed by atoms with Crippen molar-refractivity contribution in [2.75, 3.05) is 0 Å². The second kappa shape index (κ2) is 3.66. The summed E-state index contributed by atoms with van der Waals surface area (Å²) in [6.07, 6.45) is 1.10. The van der Waals surface area contributed by atoms with Crippen molar-refractivity contribution in [2.24, 2.45) is 5.92 Å². The number of carboxylic acid groups (broad SMARTS) is 1. The zero-order chi connectivity index (χ0) is 12.8. The van der Waals surface area contributed by atoms with E-state index in [9.17, 15) is 17.6 Å². The van der Waals surface area contributed by atoms with Crippen molar-refractivity contribution in [1.82, 2.24) is 0 Å². The van der Waals surface area contributed by atoms with Crippen LogP contribution < -0.4 is 0 Å². The molecule has 0 saturated carbocycles. The lowest BCUT2D eigenvalue weighted by molar-refractivity contribution is -0.139. The summed E-state index contributed by atoms with van der Waals surface area (Å²) in [5, 5.41) is 8.82. The van der Waals surface area contributed by atoms with E-state index in [0.717, 1.165) is 12.1 Å². The molecule has 90 valence electrons. The van der Waals surface area contributed by atoms with Gasteiger partial charge in [0.15, 0.2) is 0 Å². The summed E-state index contributed by atoms with van der Waals surface area (Å²) in [5.74, 6) is -3.11. The molecule has 0 aromatic heterocycles. The van der Waals surface area contributed by atoms with Crippen LogP contribution in [0.15, 0.2) is 28.0 Å². The lowest BCUT2D eigenvalue weighted by Gasteiger charge is -2.07. The van der Waals surface area contributed by atoms with Crippen LogP contribution in [0.4, 0.5) is 4.39 Å². The van der Waals surface area contributed by atoms with E-state index in [-0.39, 0.29) is 15.4 Å². The Labute approximate surface area is 97.3 Å². The third-order valence-corrected chi connectivity index (χ3v) is 4.72.